The number of ether oxygens (including phenoxy) is 1. The van der Waals surface area contributed by atoms with Crippen molar-refractivity contribution in [3.05, 3.63) is 60.8 Å². The molecule has 0 atom stereocenters. The predicted molar refractivity (Wildman–Crippen MR) is 104 cm³/mol. The van der Waals surface area contributed by atoms with Gasteiger partial charge in [0.1, 0.15) is 23.6 Å². The molecule has 0 saturated heterocycles. The molecule has 0 fully saturated rings. The molecular weight excluding hydrogens is 354 g/mol. The van der Waals surface area contributed by atoms with Crippen LogP contribution in [0.5, 0.6) is 11.5 Å². The van der Waals surface area contributed by atoms with Crippen LogP contribution in [0, 0.1) is 18.3 Å². The molecule has 8 heteroatoms. The van der Waals surface area contributed by atoms with Crippen molar-refractivity contribution in [1.29, 1.82) is 5.26 Å². The van der Waals surface area contributed by atoms with E-state index in [4.69, 9.17) is 10.00 Å². The van der Waals surface area contributed by atoms with Gasteiger partial charge in [-0.15, -0.1) is 0 Å². The van der Waals surface area contributed by atoms with Crippen molar-refractivity contribution in [2.45, 2.75) is 19.9 Å². The highest BCUT2D eigenvalue weighted by Crippen LogP contribution is 2.29. The fourth-order valence-electron chi connectivity index (χ4n) is 2.82. The highest BCUT2D eigenvalue weighted by Gasteiger charge is 2.11. The van der Waals surface area contributed by atoms with E-state index in [1.54, 1.807) is 23.3 Å². The largest absolute Gasteiger partial charge is 0.455 e. The van der Waals surface area contributed by atoms with Crippen molar-refractivity contribution in [2.75, 3.05) is 5.32 Å². The number of nitrogens with zero attached hydrogens (tertiary/aromatic N) is 6. The van der Waals surface area contributed by atoms with Crippen molar-refractivity contribution in [3.8, 4) is 17.6 Å². The topological polar surface area (TPSA) is 102 Å². The molecule has 1 aromatic carbocycles. The molecule has 0 amide bonds. The second-order valence-corrected chi connectivity index (χ2v) is 6.13. The third-order valence-electron chi connectivity index (χ3n) is 4.17. The zero-order valence-corrected chi connectivity index (χ0v) is 15.2. The van der Waals surface area contributed by atoms with Crippen molar-refractivity contribution in [3.63, 3.8) is 0 Å². The van der Waals surface area contributed by atoms with E-state index in [0.29, 0.717) is 30.2 Å². The molecule has 4 aromatic rings. The molecule has 0 aliphatic heterocycles. The zero-order valence-electron chi connectivity index (χ0n) is 15.2. The molecule has 3 heterocycles. The Labute approximate surface area is 161 Å². The number of fused-ring (bicyclic) bond motifs is 1. The number of anilines is 2. The highest BCUT2D eigenvalue weighted by atomic mass is 16.5. The molecule has 1 N–H and O–H groups in total. The number of hydrogen-bond donors (Lipinski definition) is 1. The van der Waals surface area contributed by atoms with Crippen LogP contribution in [0.25, 0.3) is 11.0 Å². The summed E-state index contributed by atoms with van der Waals surface area (Å²) in [7, 11) is 0. The molecule has 0 spiro atoms. The lowest BCUT2D eigenvalue weighted by Gasteiger charge is -2.11. The number of aromatic nitrogens is 5. The average molecular weight is 371 g/mol. The normalized spacial score (nSPS) is 10.6. The first-order valence-electron chi connectivity index (χ1n) is 8.73. The second-order valence-electron chi connectivity index (χ2n) is 6.13. The Balaban J connectivity index is 1.57. The standard InChI is InChI=1S/C20H17N7O/c1-14-10-15(5-6-18(14)28-16-4-2-8-22-11-16)26-19-17-12-25-27(9-3-7-21)20(17)24-13-23-19/h2,4-6,8,10-13H,3,9H2,1H3,(H,23,24,26). The van der Waals surface area contributed by atoms with Crippen molar-refractivity contribution < 1.29 is 4.74 Å². The van der Waals surface area contributed by atoms with Crippen LogP contribution in [-0.4, -0.2) is 24.7 Å². The molecular formula is C20H17N7O. The van der Waals surface area contributed by atoms with E-state index in [-0.39, 0.29) is 0 Å². The number of nitriles is 1. The monoisotopic (exact) mass is 371 g/mol. The third kappa shape index (κ3) is 3.59. The van der Waals surface area contributed by atoms with Crippen LogP contribution in [0.3, 0.4) is 0 Å². The first-order valence-corrected chi connectivity index (χ1v) is 8.73. The number of aryl methyl sites for hydroxylation is 2. The maximum atomic E-state index is 8.78. The molecule has 3 aromatic heterocycles. The van der Waals surface area contributed by atoms with Crippen molar-refractivity contribution in [2.24, 2.45) is 0 Å². The molecule has 0 aliphatic rings. The van der Waals surface area contributed by atoms with Crippen LogP contribution >= 0.6 is 0 Å². The average Bonchev–Trinajstić information content (AvgIpc) is 3.13. The summed E-state index contributed by atoms with van der Waals surface area (Å²) in [6, 6.07) is 11.6. The third-order valence-corrected chi connectivity index (χ3v) is 4.17. The molecule has 0 radical (unpaired) electrons. The van der Waals surface area contributed by atoms with Gasteiger partial charge in [0.15, 0.2) is 5.65 Å². The maximum Gasteiger partial charge on any atom is 0.163 e. The van der Waals surface area contributed by atoms with Gasteiger partial charge in [0.2, 0.25) is 0 Å². The van der Waals surface area contributed by atoms with Crippen LogP contribution in [0.15, 0.2) is 55.2 Å². The summed E-state index contributed by atoms with van der Waals surface area (Å²) in [6.45, 7) is 2.47. The lowest BCUT2D eigenvalue weighted by molar-refractivity contribution is 0.476. The predicted octanol–water partition coefficient (Wildman–Crippen LogP) is 3.98. The van der Waals surface area contributed by atoms with Gasteiger partial charge in [-0.05, 0) is 42.8 Å². The number of benzene rings is 1. The summed E-state index contributed by atoms with van der Waals surface area (Å²) in [5.41, 5.74) is 2.55. The zero-order chi connectivity index (χ0) is 19.3. The van der Waals surface area contributed by atoms with E-state index in [0.717, 1.165) is 22.4 Å². The van der Waals surface area contributed by atoms with Gasteiger partial charge in [-0.1, -0.05) is 0 Å². The number of nitrogens with one attached hydrogen (secondary N) is 1. The molecule has 8 nitrogen and oxygen atoms in total. The minimum Gasteiger partial charge on any atom is -0.455 e. The van der Waals surface area contributed by atoms with E-state index in [9.17, 15) is 0 Å². The van der Waals surface area contributed by atoms with Crippen LogP contribution in [-0.2, 0) is 6.54 Å². The smallest absolute Gasteiger partial charge is 0.163 e. The quantitative estimate of drug-likeness (QED) is 0.547. The minimum atomic E-state index is 0.376. The maximum absolute atomic E-state index is 8.78. The molecule has 0 aliphatic carbocycles. The fraction of sp³-hybridized carbons (Fsp3) is 0.150. The van der Waals surface area contributed by atoms with Crippen LogP contribution in [0.2, 0.25) is 0 Å². The first-order chi connectivity index (χ1) is 13.7. The first kappa shape index (κ1) is 17.4. The highest BCUT2D eigenvalue weighted by molar-refractivity contribution is 5.88. The second kappa shape index (κ2) is 7.72. The molecule has 4 rings (SSSR count). The molecule has 28 heavy (non-hydrogen) atoms. The van der Waals surface area contributed by atoms with Gasteiger partial charge >= 0.3 is 0 Å². The van der Waals surface area contributed by atoms with Crippen LogP contribution in [0.1, 0.15) is 12.0 Å². The van der Waals surface area contributed by atoms with E-state index >= 15 is 0 Å². The summed E-state index contributed by atoms with van der Waals surface area (Å²) in [5.74, 6) is 2.11. The fourth-order valence-corrected chi connectivity index (χ4v) is 2.82. The van der Waals surface area contributed by atoms with Crippen molar-refractivity contribution in [1.82, 2.24) is 24.7 Å². The Morgan fingerprint density at radius 1 is 1.21 bits per heavy atom. The summed E-state index contributed by atoms with van der Waals surface area (Å²) in [5, 5.41) is 17.2. The number of rotatable bonds is 6. The van der Waals surface area contributed by atoms with E-state index in [2.05, 4.69) is 31.4 Å². The van der Waals surface area contributed by atoms with E-state index < -0.39 is 0 Å². The van der Waals surface area contributed by atoms with Gasteiger partial charge in [0.25, 0.3) is 0 Å². The Hall–Kier alpha value is -3.99. The summed E-state index contributed by atoms with van der Waals surface area (Å²) in [6.07, 6.45) is 6.95. The Bertz CT molecular complexity index is 1150. The lowest BCUT2D eigenvalue weighted by atomic mass is 10.2. The van der Waals surface area contributed by atoms with Crippen LogP contribution in [0.4, 0.5) is 11.5 Å². The molecule has 0 bridgehead atoms. The van der Waals surface area contributed by atoms with Crippen LogP contribution < -0.4 is 10.1 Å². The minimum absolute atomic E-state index is 0.376. The SMILES string of the molecule is Cc1cc(Nc2ncnc3c2cnn3CCC#N)ccc1Oc1cccnc1. The molecule has 138 valence electrons. The van der Waals surface area contributed by atoms with E-state index in [1.807, 2.05) is 37.3 Å². The molecule has 0 unspecified atom stereocenters. The van der Waals surface area contributed by atoms with Crippen molar-refractivity contribution >= 4 is 22.5 Å². The van der Waals surface area contributed by atoms with Gasteiger partial charge in [-0.2, -0.15) is 10.4 Å². The molecule has 0 saturated carbocycles. The van der Waals surface area contributed by atoms with Gasteiger partial charge in [-0.3, -0.25) is 4.98 Å². The Morgan fingerprint density at radius 2 is 2.14 bits per heavy atom. The Kier molecular flexibility index (Phi) is 4.80. The van der Waals surface area contributed by atoms with Gasteiger partial charge in [0, 0.05) is 11.9 Å². The number of hydrogen-bond acceptors (Lipinski definition) is 7. The summed E-state index contributed by atoms with van der Waals surface area (Å²) in [4.78, 5) is 12.7. The van der Waals surface area contributed by atoms with E-state index in [1.165, 1.54) is 6.33 Å². The van der Waals surface area contributed by atoms with Gasteiger partial charge < -0.3 is 10.1 Å². The number of pyridine rings is 1. The lowest BCUT2D eigenvalue weighted by Crippen LogP contribution is -2.01. The van der Waals surface area contributed by atoms with Gasteiger partial charge in [-0.25, -0.2) is 14.6 Å². The van der Waals surface area contributed by atoms with Gasteiger partial charge in [0.05, 0.1) is 36.8 Å². The summed E-state index contributed by atoms with van der Waals surface area (Å²) < 4.78 is 7.58. The summed E-state index contributed by atoms with van der Waals surface area (Å²) >= 11 is 0. The Morgan fingerprint density at radius 3 is 2.93 bits per heavy atom.